The SMILES string of the molecule is CC1(C)O[C@@H]2[C@H](O1)[C@@H](C(=O)NC1CC1)O[C@H]2n1cnc2c(NCCc3cn(CCN4CCOCC4)c4ccccc34)ncnc21. The van der Waals surface area contributed by atoms with Crippen LogP contribution in [0.3, 0.4) is 0 Å². The number of hydrogen-bond acceptors (Lipinski definition) is 10. The standard InChI is InChI=1S/C32H40N8O5/c1-32(2)44-25-26(30(41)37-21-7-8-21)43-31(27(25)45-32)40-19-36-24-28(34-18-35-29(24)40)33-10-9-20-17-39(23-6-4-3-5-22(20)23)12-11-38-13-15-42-16-14-38/h3-6,17-19,21,25-27,31H,7-16H2,1-2H3,(H,37,41)(H,33,34,35)/t25-,26+,27-,31-/m1/s1. The Labute approximate surface area is 261 Å². The van der Waals surface area contributed by atoms with E-state index in [0.29, 0.717) is 23.5 Å². The van der Waals surface area contributed by atoms with Gasteiger partial charge >= 0.3 is 0 Å². The maximum absolute atomic E-state index is 13.1. The van der Waals surface area contributed by atoms with Crippen LogP contribution in [0, 0.1) is 0 Å². The molecule has 1 aromatic carbocycles. The van der Waals surface area contributed by atoms with Crippen LogP contribution in [-0.2, 0) is 36.7 Å². The number of carbonyl (C=O) groups is 1. The first kappa shape index (κ1) is 28.8. The van der Waals surface area contributed by atoms with Gasteiger partial charge in [0.05, 0.1) is 19.5 Å². The fourth-order valence-corrected chi connectivity index (χ4v) is 6.79. The molecule has 1 aliphatic carbocycles. The van der Waals surface area contributed by atoms with E-state index in [-0.39, 0.29) is 11.9 Å². The van der Waals surface area contributed by atoms with Gasteiger partial charge in [0.1, 0.15) is 18.5 Å². The van der Waals surface area contributed by atoms with Gasteiger partial charge in [-0.05, 0) is 44.7 Å². The molecule has 13 heteroatoms. The third kappa shape index (κ3) is 5.67. The third-order valence-electron chi connectivity index (χ3n) is 9.16. The van der Waals surface area contributed by atoms with Crippen LogP contribution in [0.15, 0.2) is 43.1 Å². The highest BCUT2D eigenvalue weighted by Crippen LogP contribution is 2.44. The molecule has 3 aromatic heterocycles. The molecule has 3 aliphatic heterocycles. The molecule has 0 spiro atoms. The molecular weight excluding hydrogens is 576 g/mol. The van der Waals surface area contributed by atoms with E-state index in [4.69, 9.17) is 18.9 Å². The summed E-state index contributed by atoms with van der Waals surface area (Å²) in [5, 5.41) is 7.82. The van der Waals surface area contributed by atoms with E-state index in [1.807, 2.05) is 18.4 Å². The van der Waals surface area contributed by atoms with Gasteiger partial charge in [-0.3, -0.25) is 14.3 Å². The lowest BCUT2D eigenvalue weighted by Gasteiger charge is -2.26. The summed E-state index contributed by atoms with van der Waals surface area (Å²) in [6.45, 7) is 9.94. The van der Waals surface area contributed by atoms with Gasteiger partial charge in [-0.25, -0.2) is 15.0 Å². The quantitative estimate of drug-likeness (QED) is 0.274. The summed E-state index contributed by atoms with van der Waals surface area (Å²) in [6.07, 6.45) is 5.89. The zero-order chi connectivity index (χ0) is 30.5. The van der Waals surface area contributed by atoms with Crippen molar-refractivity contribution in [2.24, 2.45) is 0 Å². The first-order chi connectivity index (χ1) is 21.9. The Morgan fingerprint density at radius 1 is 1.04 bits per heavy atom. The van der Waals surface area contributed by atoms with E-state index in [0.717, 1.165) is 58.7 Å². The molecule has 0 radical (unpaired) electrons. The van der Waals surface area contributed by atoms with E-state index in [9.17, 15) is 4.79 Å². The second kappa shape index (κ2) is 11.6. The van der Waals surface area contributed by atoms with Crippen molar-refractivity contribution in [3.63, 3.8) is 0 Å². The molecule has 3 saturated heterocycles. The molecule has 0 bridgehead atoms. The summed E-state index contributed by atoms with van der Waals surface area (Å²) in [7, 11) is 0. The topological polar surface area (TPSA) is 130 Å². The van der Waals surface area contributed by atoms with Gasteiger partial charge in [-0.2, -0.15) is 0 Å². The van der Waals surface area contributed by atoms with Crippen molar-refractivity contribution in [1.82, 2.24) is 34.3 Å². The summed E-state index contributed by atoms with van der Waals surface area (Å²) in [5.74, 6) is -0.351. The molecule has 6 heterocycles. The van der Waals surface area contributed by atoms with Crippen LogP contribution in [0.2, 0.25) is 0 Å². The van der Waals surface area contributed by atoms with Crippen molar-refractivity contribution in [1.29, 1.82) is 0 Å². The monoisotopic (exact) mass is 616 g/mol. The number of anilines is 1. The predicted octanol–water partition coefficient (Wildman–Crippen LogP) is 2.46. The summed E-state index contributed by atoms with van der Waals surface area (Å²) in [6, 6.07) is 8.82. The molecule has 4 atom stereocenters. The Morgan fingerprint density at radius 2 is 1.87 bits per heavy atom. The summed E-state index contributed by atoms with van der Waals surface area (Å²) in [4.78, 5) is 29.3. The molecule has 4 fully saturated rings. The molecule has 1 amide bonds. The molecule has 4 aromatic rings. The van der Waals surface area contributed by atoms with Crippen LogP contribution in [0.25, 0.3) is 22.1 Å². The number of nitrogens with one attached hydrogen (secondary N) is 2. The summed E-state index contributed by atoms with van der Waals surface area (Å²) < 4.78 is 28.4. The zero-order valence-electron chi connectivity index (χ0n) is 25.7. The fourth-order valence-electron chi connectivity index (χ4n) is 6.79. The van der Waals surface area contributed by atoms with Gasteiger partial charge < -0.3 is 34.1 Å². The molecule has 1 saturated carbocycles. The number of benzene rings is 1. The first-order valence-electron chi connectivity index (χ1n) is 16.0. The van der Waals surface area contributed by atoms with E-state index >= 15 is 0 Å². The van der Waals surface area contributed by atoms with Gasteiger partial charge in [0.2, 0.25) is 0 Å². The third-order valence-corrected chi connectivity index (χ3v) is 9.16. The largest absolute Gasteiger partial charge is 0.379 e. The van der Waals surface area contributed by atoms with Crippen molar-refractivity contribution < 1.29 is 23.7 Å². The minimum absolute atomic E-state index is 0.167. The van der Waals surface area contributed by atoms with Crippen LogP contribution in [0.1, 0.15) is 38.5 Å². The molecule has 13 nitrogen and oxygen atoms in total. The number of aromatic nitrogens is 5. The number of rotatable bonds is 10. The number of imidazole rings is 1. The van der Waals surface area contributed by atoms with Crippen LogP contribution in [-0.4, -0.2) is 104 Å². The molecule has 4 aliphatic rings. The molecular formula is C32H40N8O5. The highest BCUT2D eigenvalue weighted by atomic mass is 16.8. The predicted molar refractivity (Wildman–Crippen MR) is 166 cm³/mol. The number of hydrogen-bond donors (Lipinski definition) is 2. The Balaban J connectivity index is 0.979. The first-order valence-corrected chi connectivity index (χ1v) is 16.0. The van der Waals surface area contributed by atoms with Gasteiger partial charge in [-0.15, -0.1) is 0 Å². The maximum Gasteiger partial charge on any atom is 0.252 e. The normalized spacial score (nSPS) is 26.4. The average molecular weight is 617 g/mol. The highest BCUT2D eigenvalue weighted by molar-refractivity contribution is 5.85. The molecule has 0 unspecified atom stereocenters. The van der Waals surface area contributed by atoms with Gasteiger partial charge in [0.25, 0.3) is 5.91 Å². The molecule has 45 heavy (non-hydrogen) atoms. The minimum Gasteiger partial charge on any atom is -0.379 e. The van der Waals surface area contributed by atoms with Crippen molar-refractivity contribution in [3.8, 4) is 0 Å². The molecule has 2 N–H and O–H groups in total. The maximum atomic E-state index is 13.1. The number of morpholine rings is 1. The van der Waals surface area contributed by atoms with E-state index < -0.39 is 30.3 Å². The number of nitrogens with zero attached hydrogens (tertiary/aromatic N) is 6. The van der Waals surface area contributed by atoms with Gasteiger partial charge in [0, 0.05) is 55.9 Å². The Bertz CT molecular complexity index is 1690. The van der Waals surface area contributed by atoms with E-state index in [1.165, 1.54) is 22.8 Å². The zero-order valence-corrected chi connectivity index (χ0v) is 25.7. The van der Waals surface area contributed by atoms with E-state index in [2.05, 4.69) is 65.5 Å². The highest BCUT2D eigenvalue weighted by Gasteiger charge is 2.58. The van der Waals surface area contributed by atoms with Crippen molar-refractivity contribution in [2.75, 3.05) is 44.7 Å². The second-order valence-corrected chi connectivity index (χ2v) is 12.8. The van der Waals surface area contributed by atoms with E-state index in [1.54, 1.807) is 6.33 Å². The lowest BCUT2D eigenvalue weighted by molar-refractivity contribution is -0.197. The lowest BCUT2D eigenvalue weighted by atomic mass is 10.1. The van der Waals surface area contributed by atoms with Crippen molar-refractivity contribution >= 4 is 33.8 Å². The van der Waals surface area contributed by atoms with Crippen LogP contribution in [0.5, 0.6) is 0 Å². The second-order valence-electron chi connectivity index (χ2n) is 12.8. The van der Waals surface area contributed by atoms with Crippen LogP contribution < -0.4 is 10.6 Å². The Morgan fingerprint density at radius 3 is 2.71 bits per heavy atom. The number of fused-ring (bicyclic) bond motifs is 3. The number of ether oxygens (including phenoxy) is 4. The molecule has 238 valence electrons. The number of amides is 1. The van der Waals surface area contributed by atoms with Gasteiger partial charge in [0.15, 0.2) is 35.1 Å². The minimum atomic E-state index is -0.834. The number of carbonyl (C=O) groups excluding carboxylic acids is 1. The lowest BCUT2D eigenvalue weighted by Crippen LogP contribution is -2.43. The molecule has 8 rings (SSSR count). The van der Waals surface area contributed by atoms with Gasteiger partial charge in [-0.1, -0.05) is 18.2 Å². The summed E-state index contributed by atoms with van der Waals surface area (Å²) >= 11 is 0. The summed E-state index contributed by atoms with van der Waals surface area (Å²) in [5.41, 5.74) is 3.78. The van der Waals surface area contributed by atoms with Crippen LogP contribution in [0.4, 0.5) is 5.82 Å². The smallest absolute Gasteiger partial charge is 0.252 e. The van der Waals surface area contributed by atoms with Crippen LogP contribution >= 0.6 is 0 Å². The Kier molecular flexibility index (Phi) is 7.45. The van der Waals surface area contributed by atoms with Crippen molar-refractivity contribution in [2.45, 2.75) is 76.0 Å². The van der Waals surface area contributed by atoms with Crippen molar-refractivity contribution in [3.05, 3.63) is 48.7 Å². The Hall–Kier alpha value is -3.62. The number of para-hydroxylation sites is 1. The average Bonchev–Trinajstić information content (AvgIpc) is 3.34. The fraction of sp³-hybridized carbons (Fsp3) is 0.562.